The van der Waals surface area contributed by atoms with E-state index in [4.69, 9.17) is 19.7 Å². The highest BCUT2D eigenvalue weighted by Crippen LogP contribution is 2.44. The average Bonchev–Trinajstić information content (AvgIpc) is 3.52. The summed E-state index contributed by atoms with van der Waals surface area (Å²) in [5, 5.41) is 14.5. The Kier molecular flexibility index (Phi) is 5.17. The molecule has 2 atom stereocenters. The number of rotatable bonds is 5. The second-order valence-electron chi connectivity index (χ2n) is 7.06. The van der Waals surface area contributed by atoms with Crippen molar-refractivity contribution in [1.29, 1.82) is 0 Å². The van der Waals surface area contributed by atoms with Crippen LogP contribution in [0.15, 0.2) is 60.6 Å². The van der Waals surface area contributed by atoms with E-state index in [0.29, 0.717) is 9.47 Å². The van der Waals surface area contributed by atoms with Crippen LogP contribution >= 0.6 is 23.1 Å². The van der Waals surface area contributed by atoms with Gasteiger partial charge in [0, 0.05) is 5.92 Å². The van der Waals surface area contributed by atoms with Gasteiger partial charge in [-0.2, -0.15) is 5.10 Å². The van der Waals surface area contributed by atoms with Gasteiger partial charge in [0.2, 0.25) is 5.13 Å². The monoisotopic (exact) mass is 441 g/mol. The van der Waals surface area contributed by atoms with Crippen LogP contribution in [0.2, 0.25) is 0 Å². The number of hydrazone groups is 1. The summed E-state index contributed by atoms with van der Waals surface area (Å²) in [4.78, 5) is 13.1. The highest BCUT2D eigenvalue weighted by molar-refractivity contribution is 8.01. The van der Waals surface area contributed by atoms with E-state index in [1.807, 2.05) is 30.3 Å². The zero-order valence-corrected chi connectivity index (χ0v) is 17.6. The topological polar surface area (TPSA) is 111 Å². The molecule has 1 amide bonds. The first-order chi connectivity index (χ1) is 14.7. The molecule has 2 aliphatic rings. The molecular formula is C20H19N5O3S2. The van der Waals surface area contributed by atoms with Crippen molar-refractivity contribution in [2.75, 3.05) is 11.5 Å². The predicted octanol–water partition coefficient (Wildman–Crippen LogP) is 4.22. The van der Waals surface area contributed by atoms with Crippen molar-refractivity contribution in [3.8, 4) is 0 Å². The number of nitrogen functional groups attached to an aromatic ring is 1. The van der Waals surface area contributed by atoms with Crippen molar-refractivity contribution in [2.24, 2.45) is 11.0 Å². The summed E-state index contributed by atoms with van der Waals surface area (Å²) in [6.07, 6.45) is 8.19. The average molecular weight is 442 g/mol. The Balaban J connectivity index is 1.44. The van der Waals surface area contributed by atoms with Crippen molar-refractivity contribution in [3.05, 3.63) is 53.9 Å². The maximum Gasteiger partial charge on any atom is 0.253 e. The molecule has 3 aromatic heterocycles. The van der Waals surface area contributed by atoms with Gasteiger partial charge < -0.3 is 14.6 Å². The molecule has 0 radical (unpaired) electrons. The molecule has 10 heteroatoms. The molecule has 2 unspecified atom stereocenters. The van der Waals surface area contributed by atoms with Gasteiger partial charge in [-0.15, -0.1) is 10.2 Å². The summed E-state index contributed by atoms with van der Waals surface area (Å²) >= 11 is 2.58. The summed E-state index contributed by atoms with van der Waals surface area (Å²) in [7, 11) is 0. The largest absolute Gasteiger partial charge is 0.467 e. The number of carbonyl (C=O) groups is 1. The van der Waals surface area contributed by atoms with Gasteiger partial charge >= 0.3 is 0 Å². The van der Waals surface area contributed by atoms with E-state index in [-0.39, 0.29) is 23.6 Å². The first-order valence-corrected chi connectivity index (χ1v) is 11.4. The van der Waals surface area contributed by atoms with E-state index in [2.05, 4.69) is 10.2 Å². The number of allylic oxidation sites excluding steroid dienone is 1. The molecule has 8 nitrogen and oxygen atoms in total. The number of anilines is 1. The number of hydrogen-bond donors (Lipinski definition) is 1. The van der Waals surface area contributed by atoms with Crippen LogP contribution in [0.3, 0.4) is 0 Å². The first kappa shape index (κ1) is 19.1. The highest BCUT2D eigenvalue weighted by atomic mass is 32.2. The van der Waals surface area contributed by atoms with Crippen molar-refractivity contribution >= 4 is 45.9 Å². The standard InChI is InChI=1S/C20H19N5O3S2/c21-19-22-23-20(30-19)29-11-16(26)25-18(15-7-3-9-28-15)14-6-1-4-12(17(14)24-25)10-13-5-2-8-27-13/h2-3,5,7-10,14,18H,1,4,6,11H2,(H2,21,22)/b12-10+. The summed E-state index contributed by atoms with van der Waals surface area (Å²) < 4.78 is 11.9. The fraction of sp³-hybridized carbons (Fsp3) is 0.300. The normalized spacial score (nSPS) is 22.3. The number of carbonyl (C=O) groups excluding carboxylic acids is 1. The second-order valence-corrected chi connectivity index (χ2v) is 9.29. The number of aromatic nitrogens is 2. The molecule has 2 N–H and O–H groups in total. The Bertz CT molecular complexity index is 1090. The first-order valence-electron chi connectivity index (χ1n) is 9.59. The van der Waals surface area contributed by atoms with E-state index in [9.17, 15) is 4.79 Å². The van der Waals surface area contributed by atoms with Crippen LogP contribution in [0.1, 0.15) is 36.8 Å². The van der Waals surface area contributed by atoms with Gasteiger partial charge in [0.1, 0.15) is 17.6 Å². The van der Waals surface area contributed by atoms with Gasteiger partial charge in [0.15, 0.2) is 4.34 Å². The molecule has 5 rings (SSSR count). The summed E-state index contributed by atoms with van der Waals surface area (Å²) in [5.74, 6) is 1.73. The van der Waals surface area contributed by atoms with Gasteiger partial charge in [-0.05, 0) is 55.2 Å². The second kappa shape index (κ2) is 8.11. The molecule has 0 aromatic carbocycles. The van der Waals surface area contributed by atoms with E-state index in [1.165, 1.54) is 23.1 Å². The minimum absolute atomic E-state index is 0.0947. The molecule has 154 valence electrons. The number of furan rings is 2. The van der Waals surface area contributed by atoms with Gasteiger partial charge in [0.05, 0.1) is 24.0 Å². The third-order valence-electron chi connectivity index (χ3n) is 5.19. The van der Waals surface area contributed by atoms with Gasteiger partial charge in [-0.1, -0.05) is 23.1 Å². The zero-order chi connectivity index (χ0) is 20.5. The van der Waals surface area contributed by atoms with Crippen LogP contribution in [0, 0.1) is 5.92 Å². The van der Waals surface area contributed by atoms with Crippen molar-refractivity contribution in [1.82, 2.24) is 15.2 Å². The van der Waals surface area contributed by atoms with Crippen LogP contribution in [0.25, 0.3) is 6.08 Å². The van der Waals surface area contributed by atoms with E-state index in [1.54, 1.807) is 17.5 Å². The fourth-order valence-corrected chi connectivity index (χ4v) is 5.45. The van der Waals surface area contributed by atoms with Crippen LogP contribution in [-0.4, -0.2) is 32.6 Å². The SMILES string of the molecule is Nc1nnc(SCC(=O)N2N=C3/C(=C/c4ccco4)CCCC3C2c2ccco2)s1. The predicted molar refractivity (Wildman–Crippen MR) is 115 cm³/mol. The lowest BCUT2D eigenvalue weighted by molar-refractivity contribution is -0.131. The minimum Gasteiger partial charge on any atom is -0.467 e. The van der Waals surface area contributed by atoms with Crippen LogP contribution in [-0.2, 0) is 4.79 Å². The molecule has 0 spiro atoms. The van der Waals surface area contributed by atoms with Gasteiger partial charge in [-0.25, -0.2) is 5.01 Å². The van der Waals surface area contributed by atoms with Crippen molar-refractivity contribution < 1.29 is 13.6 Å². The molecule has 0 bridgehead atoms. The van der Waals surface area contributed by atoms with Gasteiger partial charge in [0.25, 0.3) is 5.91 Å². The maximum absolute atomic E-state index is 13.1. The molecule has 3 aromatic rings. The zero-order valence-electron chi connectivity index (χ0n) is 15.9. The molecule has 4 heterocycles. The Morgan fingerprint density at radius 2 is 2.17 bits per heavy atom. The number of hydrogen-bond acceptors (Lipinski definition) is 9. The lowest BCUT2D eigenvalue weighted by atomic mass is 9.79. The minimum atomic E-state index is -0.247. The Morgan fingerprint density at radius 1 is 1.30 bits per heavy atom. The molecule has 1 fully saturated rings. The number of thioether (sulfide) groups is 1. The van der Waals surface area contributed by atoms with Crippen LogP contribution in [0.4, 0.5) is 5.13 Å². The van der Waals surface area contributed by atoms with Crippen molar-refractivity contribution in [3.63, 3.8) is 0 Å². The van der Waals surface area contributed by atoms with Crippen molar-refractivity contribution in [2.45, 2.75) is 29.6 Å². The fourth-order valence-electron chi connectivity index (χ4n) is 3.96. The molecule has 0 saturated heterocycles. The molecule has 1 aliphatic carbocycles. The number of amides is 1. The van der Waals surface area contributed by atoms with Crippen LogP contribution in [0.5, 0.6) is 0 Å². The summed E-state index contributed by atoms with van der Waals surface area (Å²) in [6.45, 7) is 0. The number of nitrogens with zero attached hydrogens (tertiary/aromatic N) is 4. The van der Waals surface area contributed by atoms with E-state index in [0.717, 1.165) is 42.1 Å². The Morgan fingerprint density at radius 3 is 2.90 bits per heavy atom. The smallest absolute Gasteiger partial charge is 0.253 e. The van der Waals surface area contributed by atoms with Gasteiger partial charge in [-0.3, -0.25) is 4.79 Å². The Hall–Kier alpha value is -2.85. The lowest BCUT2D eigenvalue weighted by Crippen LogP contribution is -2.32. The third kappa shape index (κ3) is 3.68. The number of fused-ring (bicyclic) bond motifs is 1. The van der Waals surface area contributed by atoms with E-state index >= 15 is 0 Å². The quantitative estimate of drug-likeness (QED) is 0.590. The molecule has 30 heavy (non-hydrogen) atoms. The molecule has 1 aliphatic heterocycles. The maximum atomic E-state index is 13.1. The Labute approximate surface area is 180 Å². The molecule has 1 saturated carbocycles. The number of nitrogens with two attached hydrogens (primary N) is 1. The highest BCUT2D eigenvalue weighted by Gasteiger charge is 2.45. The summed E-state index contributed by atoms with van der Waals surface area (Å²) in [6, 6.07) is 7.29. The molecular weight excluding hydrogens is 422 g/mol. The van der Waals surface area contributed by atoms with E-state index < -0.39 is 0 Å². The third-order valence-corrected chi connectivity index (χ3v) is 7.06. The summed E-state index contributed by atoms with van der Waals surface area (Å²) in [5.41, 5.74) is 7.68. The van der Waals surface area contributed by atoms with Crippen LogP contribution < -0.4 is 5.73 Å². The lowest BCUT2D eigenvalue weighted by Gasteiger charge is -2.27.